The molecule has 0 aliphatic heterocycles. The number of hydrogen-bond donors (Lipinski definition) is 2. The minimum atomic E-state index is -3.41. The summed E-state index contributed by atoms with van der Waals surface area (Å²) in [4.78, 5) is 0.283. The van der Waals surface area contributed by atoms with Crippen LogP contribution in [0.15, 0.2) is 29.2 Å². The molecule has 1 aliphatic carbocycles. The van der Waals surface area contributed by atoms with Crippen molar-refractivity contribution in [1.29, 1.82) is 0 Å². The molecule has 0 spiro atoms. The van der Waals surface area contributed by atoms with Gasteiger partial charge in [0.25, 0.3) is 0 Å². The number of anilines is 1. The topological polar surface area (TPSA) is 72.2 Å². The first-order chi connectivity index (χ1) is 8.99. The van der Waals surface area contributed by atoms with Crippen LogP contribution in [0.4, 0.5) is 5.69 Å². The van der Waals surface area contributed by atoms with Crippen molar-refractivity contribution in [3.8, 4) is 0 Å². The van der Waals surface area contributed by atoms with Crippen LogP contribution >= 0.6 is 0 Å². The van der Waals surface area contributed by atoms with Crippen molar-refractivity contribution < 1.29 is 8.42 Å². The third kappa shape index (κ3) is 3.70. The van der Waals surface area contributed by atoms with Gasteiger partial charge in [-0.2, -0.15) is 0 Å². The van der Waals surface area contributed by atoms with E-state index in [1.807, 2.05) is 0 Å². The molecule has 0 heterocycles. The van der Waals surface area contributed by atoms with Crippen LogP contribution in [-0.2, 0) is 10.0 Å². The summed E-state index contributed by atoms with van der Waals surface area (Å²) in [6.45, 7) is 2.75. The third-order valence-electron chi connectivity index (χ3n) is 4.02. The Hall–Kier alpha value is -1.07. The van der Waals surface area contributed by atoms with Crippen LogP contribution in [0.25, 0.3) is 0 Å². The van der Waals surface area contributed by atoms with Gasteiger partial charge >= 0.3 is 0 Å². The summed E-state index contributed by atoms with van der Waals surface area (Å²) < 4.78 is 27.0. The molecule has 0 saturated heterocycles. The molecule has 106 valence electrons. The van der Waals surface area contributed by atoms with Gasteiger partial charge in [0.2, 0.25) is 10.0 Å². The summed E-state index contributed by atoms with van der Waals surface area (Å²) in [6.07, 6.45) is 4.79. The zero-order chi connectivity index (χ0) is 13.9. The van der Waals surface area contributed by atoms with Gasteiger partial charge in [-0.15, -0.1) is 0 Å². The van der Waals surface area contributed by atoms with Gasteiger partial charge < -0.3 is 5.73 Å². The van der Waals surface area contributed by atoms with Crippen molar-refractivity contribution in [2.45, 2.75) is 37.5 Å². The van der Waals surface area contributed by atoms with E-state index in [0.29, 0.717) is 24.1 Å². The molecule has 1 aromatic rings. The summed E-state index contributed by atoms with van der Waals surface area (Å²) in [5.41, 5.74) is 6.13. The van der Waals surface area contributed by atoms with Crippen molar-refractivity contribution in [2.75, 3.05) is 12.3 Å². The quantitative estimate of drug-likeness (QED) is 0.833. The van der Waals surface area contributed by atoms with Gasteiger partial charge in [-0.3, -0.25) is 0 Å². The third-order valence-corrected chi connectivity index (χ3v) is 5.45. The Morgan fingerprint density at radius 1 is 1.21 bits per heavy atom. The molecule has 3 N–H and O–H groups in total. The normalized spacial score (nSPS) is 24.3. The fourth-order valence-electron chi connectivity index (χ4n) is 2.64. The molecule has 1 saturated carbocycles. The van der Waals surface area contributed by atoms with Crippen molar-refractivity contribution in [1.82, 2.24) is 4.72 Å². The highest BCUT2D eigenvalue weighted by Gasteiger charge is 2.23. The molecule has 2 atom stereocenters. The van der Waals surface area contributed by atoms with Gasteiger partial charge in [0.15, 0.2) is 0 Å². The van der Waals surface area contributed by atoms with Crippen LogP contribution in [0.3, 0.4) is 0 Å². The largest absolute Gasteiger partial charge is 0.399 e. The molecule has 4 nitrogen and oxygen atoms in total. The van der Waals surface area contributed by atoms with E-state index in [-0.39, 0.29) is 4.90 Å². The van der Waals surface area contributed by atoms with Crippen LogP contribution in [-0.4, -0.2) is 15.0 Å². The maximum Gasteiger partial charge on any atom is 0.240 e. The van der Waals surface area contributed by atoms with Gasteiger partial charge in [0.1, 0.15) is 0 Å². The van der Waals surface area contributed by atoms with Crippen molar-refractivity contribution in [3.63, 3.8) is 0 Å². The molecule has 1 fully saturated rings. The smallest absolute Gasteiger partial charge is 0.240 e. The van der Waals surface area contributed by atoms with Crippen LogP contribution in [0.5, 0.6) is 0 Å². The highest BCUT2D eigenvalue weighted by molar-refractivity contribution is 7.89. The molecule has 2 rings (SSSR count). The highest BCUT2D eigenvalue weighted by Crippen LogP contribution is 2.29. The molecule has 0 bridgehead atoms. The summed E-state index contributed by atoms with van der Waals surface area (Å²) in [6, 6.07) is 6.31. The van der Waals surface area contributed by atoms with Gasteiger partial charge in [0, 0.05) is 12.2 Å². The first-order valence-electron chi connectivity index (χ1n) is 6.84. The molecule has 0 amide bonds. The van der Waals surface area contributed by atoms with Crippen molar-refractivity contribution in [2.24, 2.45) is 11.8 Å². The van der Waals surface area contributed by atoms with Gasteiger partial charge in [-0.1, -0.05) is 26.2 Å². The number of nitrogens with two attached hydrogens (primary N) is 1. The minimum absolute atomic E-state index is 0.283. The van der Waals surface area contributed by atoms with E-state index in [1.165, 1.54) is 19.3 Å². The Balaban J connectivity index is 1.99. The van der Waals surface area contributed by atoms with Gasteiger partial charge in [0.05, 0.1) is 4.90 Å². The Morgan fingerprint density at radius 2 is 1.84 bits per heavy atom. The molecule has 1 aromatic carbocycles. The minimum Gasteiger partial charge on any atom is -0.399 e. The van der Waals surface area contributed by atoms with Crippen LogP contribution < -0.4 is 10.5 Å². The van der Waals surface area contributed by atoms with Crippen molar-refractivity contribution in [3.05, 3.63) is 24.3 Å². The molecule has 5 heteroatoms. The average Bonchev–Trinajstić information content (AvgIpc) is 2.38. The average molecular weight is 282 g/mol. The number of nitrogens with one attached hydrogen (secondary N) is 1. The number of rotatable bonds is 4. The first kappa shape index (κ1) is 14.3. The SMILES string of the molecule is CC1CCCCC1CNS(=O)(=O)c1ccc(N)cc1. The lowest BCUT2D eigenvalue weighted by atomic mass is 9.81. The molecule has 2 unspecified atom stereocenters. The highest BCUT2D eigenvalue weighted by atomic mass is 32.2. The Labute approximate surface area is 115 Å². The van der Waals surface area contributed by atoms with E-state index >= 15 is 0 Å². The van der Waals surface area contributed by atoms with E-state index in [9.17, 15) is 8.42 Å². The number of hydrogen-bond acceptors (Lipinski definition) is 3. The van der Waals surface area contributed by atoms with Gasteiger partial charge in [-0.25, -0.2) is 13.1 Å². The predicted molar refractivity (Wildman–Crippen MR) is 77.2 cm³/mol. The standard InChI is InChI=1S/C14H22N2O2S/c1-11-4-2-3-5-12(11)10-16-19(17,18)14-8-6-13(15)7-9-14/h6-9,11-12,16H,2-5,10,15H2,1H3. The lowest BCUT2D eigenvalue weighted by Gasteiger charge is -2.28. The fourth-order valence-corrected chi connectivity index (χ4v) is 3.74. The summed E-state index contributed by atoms with van der Waals surface area (Å²) in [7, 11) is -3.41. The van der Waals surface area contributed by atoms with Crippen molar-refractivity contribution >= 4 is 15.7 Å². The maximum absolute atomic E-state index is 12.1. The second-order valence-electron chi connectivity index (χ2n) is 5.44. The summed E-state index contributed by atoms with van der Waals surface area (Å²) in [5.74, 6) is 1.06. The number of nitrogen functional groups attached to an aromatic ring is 1. The number of benzene rings is 1. The van der Waals surface area contributed by atoms with E-state index in [4.69, 9.17) is 5.73 Å². The van der Waals surface area contributed by atoms with Gasteiger partial charge in [-0.05, 0) is 42.5 Å². The monoisotopic (exact) mass is 282 g/mol. The molecule has 0 radical (unpaired) electrons. The molecular formula is C14H22N2O2S. The molecule has 0 aromatic heterocycles. The molecule has 19 heavy (non-hydrogen) atoms. The zero-order valence-corrected chi connectivity index (χ0v) is 12.1. The molecule has 1 aliphatic rings. The number of sulfonamides is 1. The van der Waals surface area contributed by atoms with Crippen LogP contribution in [0, 0.1) is 11.8 Å². The lowest BCUT2D eigenvalue weighted by molar-refractivity contribution is 0.257. The Morgan fingerprint density at radius 3 is 2.47 bits per heavy atom. The fraction of sp³-hybridized carbons (Fsp3) is 0.571. The second kappa shape index (κ2) is 5.92. The second-order valence-corrected chi connectivity index (χ2v) is 7.21. The van der Waals surface area contributed by atoms with Crippen LogP contribution in [0.2, 0.25) is 0 Å². The van der Waals surface area contributed by atoms with E-state index in [2.05, 4.69) is 11.6 Å². The molecular weight excluding hydrogens is 260 g/mol. The maximum atomic E-state index is 12.1. The summed E-state index contributed by atoms with van der Waals surface area (Å²) in [5, 5.41) is 0. The Bertz CT molecular complexity index is 511. The lowest BCUT2D eigenvalue weighted by Crippen LogP contribution is -2.33. The van der Waals surface area contributed by atoms with E-state index in [0.717, 1.165) is 6.42 Å². The van der Waals surface area contributed by atoms with E-state index in [1.54, 1.807) is 24.3 Å². The first-order valence-corrected chi connectivity index (χ1v) is 8.32. The summed E-state index contributed by atoms with van der Waals surface area (Å²) >= 11 is 0. The van der Waals surface area contributed by atoms with E-state index < -0.39 is 10.0 Å². The Kier molecular flexibility index (Phi) is 4.47. The predicted octanol–water partition coefficient (Wildman–Crippen LogP) is 2.37. The van der Waals surface area contributed by atoms with Crippen LogP contribution in [0.1, 0.15) is 32.6 Å². The zero-order valence-electron chi connectivity index (χ0n) is 11.3.